The Morgan fingerprint density at radius 2 is 1.91 bits per heavy atom. The van der Waals surface area contributed by atoms with Crippen LogP contribution in [0, 0.1) is 19.8 Å². The summed E-state index contributed by atoms with van der Waals surface area (Å²) < 4.78 is 1.69. The number of benzene rings is 1. The molecule has 0 saturated heterocycles. The summed E-state index contributed by atoms with van der Waals surface area (Å²) in [4.78, 5) is 22.8. The molecule has 22 heavy (non-hydrogen) atoms. The molecule has 116 valence electrons. The average molecular weight is 301 g/mol. The summed E-state index contributed by atoms with van der Waals surface area (Å²) in [6, 6.07) is 9.50. The molecule has 1 aromatic carbocycles. The first-order valence-corrected chi connectivity index (χ1v) is 7.03. The van der Waals surface area contributed by atoms with Gasteiger partial charge in [0.25, 0.3) is 5.91 Å². The van der Waals surface area contributed by atoms with E-state index in [-0.39, 0.29) is 18.1 Å². The zero-order chi connectivity index (χ0) is 16.3. The van der Waals surface area contributed by atoms with E-state index >= 15 is 0 Å². The number of nitrogens with one attached hydrogen (secondary N) is 1. The van der Waals surface area contributed by atoms with Crippen LogP contribution in [0.4, 0.5) is 0 Å². The van der Waals surface area contributed by atoms with Gasteiger partial charge in [-0.15, -0.1) is 0 Å². The highest BCUT2D eigenvalue weighted by atomic mass is 16.4. The Bertz CT molecular complexity index is 689. The summed E-state index contributed by atoms with van der Waals surface area (Å²) in [7, 11) is 0. The van der Waals surface area contributed by atoms with Crippen molar-refractivity contribution in [3.05, 3.63) is 47.3 Å². The third-order valence-electron chi connectivity index (χ3n) is 3.39. The maximum atomic E-state index is 12.0. The fourth-order valence-corrected chi connectivity index (χ4v) is 1.96. The minimum Gasteiger partial charge on any atom is -0.481 e. The van der Waals surface area contributed by atoms with Crippen LogP contribution in [0.5, 0.6) is 0 Å². The fraction of sp³-hybridized carbons (Fsp3) is 0.312. The van der Waals surface area contributed by atoms with Crippen molar-refractivity contribution in [1.29, 1.82) is 0 Å². The first-order chi connectivity index (χ1) is 10.4. The number of hydrogen-bond acceptors (Lipinski definition) is 3. The van der Waals surface area contributed by atoms with E-state index in [4.69, 9.17) is 5.11 Å². The molecule has 0 radical (unpaired) electrons. The molecule has 1 unspecified atom stereocenters. The van der Waals surface area contributed by atoms with Gasteiger partial charge in [-0.05, 0) is 32.0 Å². The lowest BCUT2D eigenvalue weighted by molar-refractivity contribution is -0.140. The summed E-state index contributed by atoms with van der Waals surface area (Å²) in [5.74, 6) is -1.95. The van der Waals surface area contributed by atoms with Crippen molar-refractivity contribution in [2.45, 2.75) is 20.8 Å². The molecule has 1 aromatic heterocycles. The second-order valence-corrected chi connectivity index (χ2v) is 5.37. The van der Waals surface area contributed by atoms with Gasteiger partial charge in [-0.1, -0.05) is 24.6 Å². The van der Waals surface area contributed by atoms with E-state index < -0.39 is 11.9 Å². The van der Waals surface area contributed by atoms with E-state index in [0.29, 0.717) is 0 Å². The van der Waals surface area contributed by atoms with E-state index in [0.717, 1.165) is 16.9 Å². The minimum absolute atomic E-state index is 0.0740. The van der Waals surface area contributed by atoms with Crippen LogP contribution in [0.1, 0.15) is 28.7 Å². The Kier molecular flexibility index (Phi) is 4.60. The second-order valence-electron chi connectivity index (χ2n) is 5.37. The highest BCUT2D eigenvalue weighted by Crippen LogP contribution is 2.13. The maximum Gasteiger partial charge on any atom is 0.308 e. The lowest BCUT2D eigenvalue weighted by atomic mass is 10.2. The van der Waals surface area contributed by atoms with Gasteiger partial charge in [0.2, 0.25) is 0 Å². The van der Waals surface area contributed by atoms with Gasteiger partial charge in [-0.25, -0.2) is 4.68 Å². The predicted molar refractivity (Wildman–Crippen MR) is 82.2 cm³/mol. The van der Waals surface area contributed by atoms with Gasteiger partial charge in [-0.2, -0.15) is 5.10 Å². The number of carbonyl (C=O) groups is 2. The standard InChI is InChI=1S/C16H19N3O3/c1-10-4-6-13(7-5-10)19-12(3)8-14(18-19)15(20)17-9-11(2)16(21)22/h4-8,11H,9H2,1-3H3,(H,17,20)(H,21,22). The van der Waals surface area contributed by atoms with Crippen LogP contribution in [0.25, 0.3) is 5.69 Å². The molecule has 2 rings (SSSR count). The second kappa shape index (κ2) is 6.43. The highest BCUT2D eigenvalue weighted by Gasteiger charge is 2.16. The van der Waals surface area contributed by atoms with Gasteiger partial charge in [0.05, 0.1) is 11.6 Å². The topological polar surface area (TPSA) is 84.2 Å². The third-order valence-corrected chi connectivity index (χ3v) is 3.39. The number of aromatic nitrogens is 2. The first kappa shape index (κ1) is 15.8. The third kappa shape index (κ3) is 3.52. The van der Waals surface area contributed by atoms with Gasteiger partial charge >= 0.3 is 5.97 Å². The minimum atomic E-state index is -0.943. The normalized spacial score (nSPS) is 12.0. The van der Waals surface area contributed by atoms with Gasteiger partial charge < -0.3 is 10.4 Å². The summed E-state index contributed by atoms with van der Waals surface area (Å²) >= 11 is 0. The predicted octanol–water partition coefficient (Wildman–Crippen LogP) is 1.94. The maximum absolute atomic E-state index is 12.0. The van der Waals surface area contributed by atoms with Gasteiger partial charge in [-0.3, -0.25) is 9.59 Å². The van der Waals surface area contributed by atoms with Crippen molar-refractivity contribution in [1.82, 2.24) is 15.1 Å². The number of aliphatic carboxylic acids is 1. The molecule has 0 bridgehead atoms. The molecule has 1 amide bonds. The number of carboxylic acid groups (broad SMARTS) is 1. The number of amides is 1. The Hall–Kier alpha value is -2.63. The molecule has 0 aliphatic heterocycles. The van der Waals surface area contributed by atoms with Crippen LogP contribution in [0.3, 0.4) is 0 Å². The molecule has 0 aliphatic rings. The first-order valence-electron chi connectivity index (χ1n) is 7.03. The largest absolute Gasteiger partial charge is 0.481 e. The molecule has 6 nitrogen and oxygen atoms in total. The van der Waals surface area contributed by atoms with Crippen molar-refractivity contribution >= 4 is 11.9 Å². The van der Waals surface area contributed by atoms with Gasteiger partial charge in [0.15, 0.2) is 5.69 Å². The molecule has 0 fully saturated rings. The Morgan fingerprint density at radius 3 is 2.50 bits per heavy atom. The van der Waals surface area contributed by atoms with Crippen molar-refractivity contribution < 1.29 is 14.7 Å². The number of nitrogens with zero attached hydrogens (tertiary/aromatic N) is 2. The quantitative estimate of drug-likeness (QED) is 0.884. The van der Waals surface area contributed by atoms with Crippen molar-refractivity contribution in [2.24, 2.45) is 5.92 Å². The number of carboxylic acids is 1. The molecular weight excluding hydrogens is 282 g/mol. The Labute approximate surface area is 128 Å². The van der Waals surface area contributed by atoms with E-state index in [2.05, 4.69) is 10.4 Å². The molecule has 1 heterocycles. The van der Waals surface area contributed by atoms with Crippen LogP contribution in [0.15, 0.2) is 30.3 Å². The van der Waals surface area contributed by atoms with Gasteiger partial charge in [0.1, 0.15) is 0 Å². The molecule has 0 spiro atoms. The molecule has 2 N–H and O–H groups in total. The molecule has 2 aromatic rings. The zero-order valence-electron chi connectivity index (χ0n) is 12.8. The zero-order valence-corrected chi connectivity index (χ0v) is 12.8. The lowest BCUT2D eigenvalue weighted by Crippen LogP contribution is -2.31. The molecule has 0 aliphatic carbocycles. The van der Waals surface area contributed by atoms with Crippen LogP contribution < -0.4 is 5.32 Å². The van der Waals surface area contributed by atoms with E-state index in [1.165, 1.54) is 0 Å². The SMILES string of the molecule is Cc1ccc(-n2nc(C(=O)NCC(C)C(=O)O)cc2C)cc1. The van der Waals surface area contributed by atoms with Crippen LogP contribution >= 0.6 is 0 Å². The van der Waals surface area contributed by atoms with E-state index in [1.54, 1.807) is 17.7 Å². The average Bonchev–Trinajstić information content (AvgIpc) is 2.87. The monoisotopic (exact) mass is 301 g/mol. The summed E-state index contributed by atoms with van der Waals surface area (Å²) in [6.07, 6.45) is 0. The number of hydrogen-bond donors (Lipinski definition) is 2. The summed E-state index contributed by atoms with van der Waals surface area (Å²) in [6.45, 7) is 5.48. The molecule has 6 heteroatoms. The lowest BCUT2D eigenvalue weighted by Gasteiger charge is -2.07. The van der Waals surface area contributed by atoms with Crippen molar-refractivity contribution in [3.8, 4) is 5.69 Å². The van der Waals surface area contributed by atoms with Crippen LogP contribution in [-0.2, 0) is 4.79 Å². The van der Waals surface area contributed by atoms with Gasteiger partial charge in [0, 0.05) is 12.2 Å². The molecule has 1 atom stereocenters. The smallest absolute Gasteiger partial charge is 0.308 e. The Morgan fingerprint density at radius 1 is 1.27 bits per heavy atom. The Balaban J connectivity index is 2.13. The number of aryl methyl sites for hydroxylation is 2. The van der Waals surface area contributed by atoms with E-state index in [1.807, 2.05) is 38.1 Å². The van der Waals surface area contributed by atoms with Crippen LogP contribution in [0.2, 0.25) is 0 Å². The number of carbonyl (C=O) groups excluding carboxylic acids is 1. The molecule has 0 saturated carbocycles. The molecular formula is C16H19N3O3. The van der Waals surface area contributed by atoms with Crippen molar-refractivity contribution in [2.75, 3.05) is 6.54 Å². The fourth-order valence-electron chi connectivity index (χ4n) is 1.96. The summed E-state index contributed by atoms with van der Waals surface area (Å²) in [5, 5.41) is 15.7. The highest BCUT2D eigenvalue weighted by molar-refractivity contribution is 5.92. The van der Waals surface area contributed by atoms with E-state index in [9.17, 15) is 9.59 Å². The van der Waals surface area contributed by atoms with Crippen molar-refractivity contribution in [3.63, 3.8) is 0 Å². The van der Waals surface area contributed by atoms with Crippen LogP contribution in [-0.4, -0.2) is 33.3 Å². The number of rotatable bonds is 5. The summed E-state index contributed by atoms with van der Waals surface area (Å²) in [5.41, 5.74) is 3.13.